The van der Waals surface area contributed by atoms with Crippen LogP contribution in [0.4, 0.5) is 0 Å². The second kappa shape index (κ2) is 7.57. The van der Waals surface area contributed by atoms with Crippen molar-refractivity contribution < 1.29 is 9.84 Å². The van der Waals surface area contributed by atoms with E-state index in [0.717, 1.165) is 27.9 Å². The highest BCUT2D eigenvalue weighted by molar-refractivity contribution is 5.71. The van der Waals surface area contributed by atoms with Gasteiger partial charge < -0.3 is 9.84 Å². The largest absolute Gasteiger partial charge is 0.504 e. The molecule has 0 saturated carbocycles. The van der Waals surface area contributed by atoms with Gasteiger partial charge in [0.05, 0.1) is 5.69 Å². The minimum Gasteiger partial charge on any atom is -0.504 e. The van der Waals surface area contributed by atoms with E-state index in [1.54, 1.807) is 12.1 Å². The van der Waals surface area contributed by atoms with Gasteiger partial charge in [-0.3, -0.25) is 4.98 Å². The molecule has 4 rings (SSSR count). The molecule has 1 aromatic heterocycles. The Hall–Kier alpha value is -3.59. The van der Waals surface area contributed by atoms with Crippen LogP contribution >= 0.6 is 0 Å². The van der Waals surface area contributed by atoms with Crippen LogP contribution < -0.4 is 4.74 Å². The van der Waals surface area contributed by atoms with Crippen molar-refractivity contribution in [2.45, 2.75) is 13.8 Å². The van der Waals surface area contributed by atoms with Gasteiger partial charge in [0.1, 0.15) is 5.75 Å². The highest BCUT2D eigenvalue weighted by Gasteiger charge is 2.10. The Morgan fingerprint density at radius 2 is 1.46 bits per heavy atom. The van der Waals surface area contributed by atoms with Crippen LogP contribution in [-0.4, -0.2) is 10.1 Å². The molecule has 0 aliphatic heterocycles. The Bertz CT molecular complexity index is 1100. The summed E-state index contributed by atoms with van der Waals surface area (Å²) in [4.78, 5) is 4.65. The quantitative estimate of drug-likeness (QED) is 0.446. The van der Waals surface area contributed by atoms with Crippen molar-refractivity contribution in [3.05, 3.63) is 96.2 Å². The summed E-state index contributed by atoms with van der Waals surface area (Å²) < 4.78 is 5.75. The molecule has 4 aromatic rings. The maximum atomic E-state index is 10.4. The van der Waals surface area contributed by atoms with E-state index in [-0.39, 0.29) is 5.75 Å². The van der Waals surface area contributed by atoms with E-state index in [4.69, 9.17) is 4.74 Å². The van der Waals surface area contributed by atoms with Crippen molar-refractivity contribution >= 4 is 0 Å². The van der Waals surface area contributed by atoms with E-state index in [1.807, 2.05) is 49.5 Å². The predicted octanol–water partition coefficient (Wildman–Crippen LogP) is 6.53. The Labute approximate surface area is 164 Å². The van der Waals surface area contributed by atoms with Gasteiger partial charge in [-0.1, -0.05) is 48.0 Å². The summed E-state index contributed by atoms with van der Waals surface area (Å²) >= 11 is 0. The number of hydrogen-bond acceptors (Lipinski definition) is 3. The third kappa shape index (κ3) is 3.74. The first-order valence-corrected chi connectivity index (χ1v) is 9.20. The highest BCUT2D eigenvalue weighted by atomic mass is 16.5. The number of pyridine rings is 1. The molecule has 3 heteroatoms. The maximum absolute atomic E-state index is 10.4. The summed E-state index contributed by atoms with van der Waals surface area (Å²) in [6.07, 6.45) is 1.87. The molecular formula is C25H21NO2. The van der Waals surface area contributed by atoms with Gasteiger partial charge in [-0.25, -0.2) is 0 Å². The van der Waals surface area contributed by atoms with Crippen molar-refractivity contribution in [2.75, 3.05) is 0 Å². The van der Waals surface area contributed by atoms with Crippen LogP contribution in [0.25, 0.3) is 22.4 Å². The number of rotatable bonds is 4. The molecule has 1 heterocycles. The molecule has 0 aliphatic rings. The van der Waals surface area contributed by atoms with Gasteiger partial charge in [-0.15, -0.1) is 0 Å². The average Bonchev–Trinajstić information content (AvgIpc) is 2.71. The Kier molecular flexibility index (Phi) is 4.81. The molecule has 0 saturated heterocycles. The lowest BCUT2D eigenvalue weighted by Crippen LogP contribution is -1.91. The first-order chi connectivity index (χ1) is 13.6. The summed E-state index contributed by atoms with van der Waals surface area (Å²) in [6.45, 7) is 4.11. The van der Waals surface area contributed by atoms with Gasteiger partial charge >= 0.3 is 0 Å². The fraction of sp³-hybridized carbons (Fsp3) is 0.0800. The van der Waals surface area contributed by atoms with E-state index in [2.05, 4.69) is 42.2 Å². The number of para-hydroxylation sites is 1. The monoisotopic (exact) mass is 367 g/mol. The fourth-order valence-corrected chi connectivity index (χ4v) is 3.15. The number of aromatic nitrogens is 1. The van der Waals surface area contributed by atoms with E-state index < -0.39 is 0 Å². The van der Waals surface area contributed by atoms with Crippen molar-refractivity contribution in [3.8, 4) is 39.6 Å². The maximum Gasteiger partial charge on any atom is 0.169 e. The molecule has 0 amide bonds. The summed E-state index contributed by atoms with van der Waals surface area (Å²) in [6, 6.07) is 25.3. The fourth-order valence-electron chi connectivity index (χ4n) is 3.15. The molecule has 0 aliphatic carbocycles. The average molecular weight is 367 g/mol. The molecule has 1 N–H and O–H groups in total. The molecule has 0 fully saturated rings. The predicted molar refractivity (Wildman–Crippen MR) is 113 cm³/mol. The third-order valence-electron chi connectivity index (χ3n) is 4.67. The summed E-state index contributed by atoms with van der Waals surface area (Å²) in [7, 11) is 0. The van der Waals surface area contributed by atoms with Crippen LogP contribution in [0, 0.1) is 13.8 Å². The van der Waals surface area contributed by atoms with Gasteiger partial charge in [-0.2, -0.15) is 0 Å². The smallest absolute Gasteiger partial charge is 0.169 e. The van der Waals surface area contributed by atoms with E-state index in [0.29, 0.717) is 11.5 Å². The van der Waals surface area contributed by atoms with E-state index >= 15 is 0 Å². The van der Waals surface area contributed by atoms with E-state index in [9.17, 15) is 5.11 Å². The molecule has 0 bridgehead atoms. The molecule has 0 atom stereocenters. The molecule has 0 unspecified atom stereocenters. The lowest BCUT2D eigenvalue weighted by molar-refractivity contribution is 0.411. The highest BCUT2D eigenvalue weighted by Crippen LogP contribution is 2.35. The molecule has 0 spiro atoms. The van der Waals surface area contributed by atoms with Gasteiger partial charge in [-0.05, 0) is 61.4 Å². The number of phenols is 1. The first kappa shape index (κ1) is 17.8. The molecule has 3 aromatic carbocycles. The Balaban J connectivity index is 1.62. The lowest BCUT2D eigenvalue weighted by Gasteiger charge is -2.11. The van der Waals surface area contributed by atoms with Crippen LogP contribution in [0.15, 0.2) is 85.1 Å². The number of aromatic hydroxyl groups is 1. The van der Waals surface area contributed by atoms with Crippen LogP contribution in [0.2, 0.25) is 0 Å². The number of benzene rings is 3. The molecule has 138 valence electrons. The number of phenolic OH excluding ortho intramolecular Hbond substituents is 1. The lowest BCUT2D eigenvalue weighted by atomic mass is 10.0. The van der Waals surface area contributed by atoms with Crippen LogP contribution in [0.3, 0.4) is 0 Å². The summed E-state index contributed by atoms with van der Waals surface area (Å²) in [5.41, 5.74) is 6.20. The van der Waals surface area contributed by atoms with Crippen molar-refractivity contribution in [1.82, 2.24) is 4.98 Å². The summed E-state index contributed by atoms with van der Waals surface area (Å²) in [5, 5.41) is 10.4. The second-order valence-corrected chi connectivity index (χ2v) is 6.85. The zero-order chi connectivity index (χ0) is 19.5. The van der Waals surface area contributed by atoms with Gasteiger partial charge in [0.15, 0.2) is 11.5 Å². The number of ether oxygens (including phenoxy) is 1. The van der Waals surface area contributed by atoms with Crippen LogP contribution in [0.1, 0.15) is 11.1 Å². The zero-order valence-corrected chi connectivity index (χ0v) is 15.9. The van der Waals surface area contributed by atoms with E-state index in [1.165, 1.54) is 5.56 Å². The minimum absolute atomic E-state index is 0.0881. The first-order valence-electron chi connectivity index (χ1n) is 9.20. The molecule has 3 nitrogen and oxygen atoms in total. The summed E-state index contributed by atoms with van der Waals surface area (Å²) in [5.74, 6) is 1.19. The normalized spacial score (nSPS) is 10.6. The Morgan fingerprint density at radius 1 is 0.750 bits per heavy atom. The van der Waals surface area contributed by atoms with Gasteiger partial charge in [0, 0.05) is 17.3 Å². The standard InChI is InChI=1S/C25H21NO2/c1-17-8-10-19(11-9-17)21-14-18(2)25(26-16-21)20-12-13-24(23(27)15-20)28-22-6-4-3-5-7-22/h3-16,27H,1-2H3. The number of aryl methyl sites for hydroxylation is 2. The van der Waals surface area contributed by atoms with Crippen LogP contribution in [-0.2, 0) is 0 Å². The SMILES string of the molecule is Cc1ccc(-c2cnc(-c3ccc(Oc4ccccc4)c(O)c3)c(C)c2)cc1. The van der Waals surface area contributed by atoms with Crippen molar-refractivity contribution in [3.63, 3.8) is 0 Å². The van der Waals surface area contributed by atoms with Gasteiger partial charge in [0.25, 0.3) is 0 Å². The molecule has 28 heavy (non-hydrogen) atoms. The van der Waals surface area contributed by atoms with Gasteiger partial charge in [0.2, 0.25) is 0 Å². The number of hydrogen-bond donors (Lipinski definition) is 1. The molecular weight excluding hydrogens is 346 g/mol. The molecule has 0 radical (unpaired) electrons. The number of nitrogens with zero attached hydrogens (tertiary/aromatic N) is 1. The zero-order valence-electron chi connectivity index (χ0n) is 15.9. The van der Waals surface area contributed by atoms with Crippen LogP contribution in [0.5, 0.6) is 17.2 Å². The topological polar surface area (TPSA) is 42.4 Å². The van der Waals surface area contributed by atoms with Crippen molar-refractivity contribution in [2.24, 2.45) is 0 Å². The second-order valence-electron chi connectivity index (χ2n) is 6.85. The third-order valence-corrected chi connectivity index (χ3v) is 4.67. The van der Waals surface area contributed by atoms with Crippen molar-refractivity contribution in [1.29, 1.82) is 0 Å². The Morgan fingerprint density at radius 3 is 2.14 bits per heavy atom. The minimum atomic E-state index is 0.0881.